The van der Waals surface area contributed by atoms with E-state index in [-0.39, 0.29) is 16.9 Å². The molecule has 1 aromatic carbocycles. The number of aromatic nitrogens is 2. The Morgan fingerprint density at radius 3 is 2.59 bits per heavy atom. The average Bonchev–Trinajstić information content (AvgIpc) is 3.27. The fourth-order valence-electron chi connectivity index (χ4n) is 2.38. The highest BCUT2D eigenvalue weighted by atomic mass is 35.5. The minimum atomic E-state index is -0.602. The Morgan fingerprint density at radius 2 is 2.05 bits per heavy atom. The molecule has 0 unspecified atom stereocenters. The van der Waals surface area contributed by atoms with Crippen LogP contribution in [-0.4, -0.2) is 21.4 Å². The molecule has 0 aliphatic heterocycles. The number of hydrogen-bond acceptors (Lipinski definition) is 6. The van der Waals surface area contributed by atoms with Crippen LogP contribution in [0.4, 0.5) is 17.5 Å². The summed E-state index contributed by atoms with van der Waals surface area (Å²) in [6.07, 6.45) is 3.24. The first-order valence-electron chi connectivity index (χ1n) is 6.77. The van der Waals surface area contributed by atoms with Crippen molar-refractivity contribution >= 4 is 29.1 Å². The second-order valence-corrected chi connectivity index (χ2v) is 5.80. The largest absolute Gasteiger partial charge is 0.378 e. The molecule has 1 aliphatic rings. The molecule has 1 fully saturated rings. The second kappa shape index (κ2) is 5.42. The van der Waals surface area contributed by atoms with E-state index in [1.807, 2.05) is 24.3 Å². The van der Waals surface area contributed by atoms with E-state index in [4.69, 9.17) is 17.3 Å². The van der Waals surface area contributed by atoms with E-state index in [1.54, 1.807) is 0 Å². The van der Waals surface area contributed by atoms with Gasteiger partial charge in [-0.3, -0.25) is 10.1 Å². The SMILES string of the molecule is Nc1nc(NCC2(c3ccc(Cl)cc3)CC2)ncc1[N+](=O)[O-]. The van der Waals surface area contributed by atoms with E-state index < -0.39 is 4.92 Å². The molecule has 0 radical (unpaired) electrons. The summed E-state index contributed by atoms with van der Waals surface area (Å²) in [7, 11) is 0. The number of nitro groups is 1. The zero-order valence-electron chi connectivity index (χ0n) is 11.6. The monoisotopic (exact) mass is 319 g/mol. The highest BCUT2D eigenvalue weighted by molar-refractivity contribution is 6.30. The van der Waals surface area contributed by atoms with Crippen LogP contribution in [0.15, 0.2) is 30.5 Å². The highest BCUT2D eigenvalue weighted by Crippen LogP contribution is 2.48. The first kappa shape index (κ1) is 14.5. The summed E-state index contributed by atoms with van der Waals surface area (Å²) in [5, 5.41) is 14.5. The predicted octanol–water partition coefficient (Wildman–Crippen LogP) is 2.76. The van der Waals surface area contributed by atoms with Gasteiger partial charge in [0.1, 0.15) is 6.20 Å². The molecule has 8 heteroatoms. The number of nitrogens with one attached hydrogen (secondary N) is 1. The Morgan fingerprint density at radius 1 is 1.36 bits per heavy atom. The second-order valence-electron chi connectivity index (χ2n) is 5.36. The van der Waals surface area contributed by atoms with E-state index in [0.29, 0.717) is 17.5 Å². The lowest BCUT2D eigenvalue weighted by molar-refractivity contribution is -0.384. The molecule has 0 saturated heterocycles. The minimum absolute atomic E-state index is 0.0461. The van der Waals surface area contributed by atoms with E-state index in [0.717, 1.165) is 19.0 Å². The van der Waals surface area contributed by atoms with E-state index >= 15 is 0 Å². The quantitative estimate of drug-likeness (QED) is 0.648. The number of nitrogens with two attached hydrogens (primary N) is 1. The molecule has 0 spiro atoms. The Labute approximate surface area is 131 Å². The smallest absolute Gasteiger partial charge is 0.329 e. The zero-order valence-corrected chi connectivity index (χ0v) is 12.4. The molecule has 22 heavy (non-hydrogen) atoms. The number of benzene rings is 1. The highest BCUT2D eigenvalue weighted by Gasteiger charge is 2.44. The van der Waals surface area contributed by atoms with Crippen LogP contribution in [0.3, 0.4) is 0 Å². The first-order valence-corrected chi connectivity index (χ1v) is 7.15. The molecule has 114 valence electrons. The number of nitrogens with zero attached hydrogens (tertiary/aromatic N) is 3. The van der Waals surface area contributed by atoms with Crippen molar-refractivity contribution in [1.29, 1.82) is 0 Å². The average molecular weight is 320 g/mol. The van der Waals surface area contributed by atoms with Crippen LogP contribution in [-0.2, 0) is 5.41 Å². The summed E-state index contributed by atoms with van der Waals surface area (Å²) in [5.41, 5.74) is 6.52. The van der Waals surface area contributed by atoms with Crippen LogP contribution >= 0.6 is 11.6 Å². The third-order valence-electron chi connectivity index (χ3n) is 3.89. The maximum absolute atomic E-state index is 10.7. The van der Waals surface area contributed by atoms with Crippen molar-refractivity contribution in [3.8, 4) is 0 Å². The van der Waals surface area contributed by atoms with Crippen molar-refractivity contribution in [2.45, 2.75) is 18.3 Å². The third kappa shape index (κ3) is 2.80. The van der Waals surface area contributed by atoms with Gasteiger partial charge in [0.15, 0.2) is 0 Å². The van der Waals surface area contributed by atoms with E-state index in [1.165, 1.54) is 5.56 Å². The molecule has 7 nitrogen and oxygen atoms in total. The van der Waals surface area contributed by atoms with Gasteiger partial charge in [-0.2, -0.15) is 4.98 Å². The fourth-order valence-corrected chi connectivity index (χ4v) is 2.51. The Bertz CT molecular complexity index is 716. The van der Waals surface area contributed by atoms with E-state index in [9.17, 15) is 10.1 Å². The summed E-state index contributed by atoms with van der Waals surface area (Å²) >= 11 is 5.91. The summed E-state index contributed by atoms with van der Waals surface area (Å²) < 4.78 is 0. The summed E-state index contributed by atoms with van der Waals surface area (Å²) in [4.78, 5) is 17.9. The van der Waals surface area contributed by atoms with Gasteiger partial charge in [0.05, 0.1) is 4.92 Å². The lowest BCUT2D eigenvalue weighted by Gasteiger charge is -2.16. The maximum Gasteiger partial charge on any atom is 0.329 e. The zero-order chi connectivity index (χ0) is 15.7. The van der Waals surface area contributed by atoms with Crippen LogP contribution in [0, 0.1) is 10.1 Å². The van der Waals surface area contributed by atoms with Crippen molar-refractivity contribution in [2.75, 3.05) is 17.6 Å². The van der Waals surface area contributed by atoms with Crippen LogP contribution in [0.2, 0.25) is 5.02 Å². The van der Waals surface area contributed by atoms with Gasteiger partial charge in [-0.1, -0.05) is 23.7 Å². The normalized spacial score (nSPS) is 15.3. The van der Waals surface area contributed by atoms with Gasteiger partial charge in [0.2, 0.25) is 11.8 Å². The molecule has 1 aromatic heterocycles. The Kier molecular flexibility index (Phi) is 3.58. The third-order valence-corrected chi connectivity index (χ3v) is 4.14. The van der Waals surface area contributed by atoms with Crippen LogP contribution < -0.4 is 11.1 Å². The van der Waals surface area contributed by atoms with Crippen molar-refractivity contribution in [3.63, 3.8) is 0 Å². The summed E-state index contributed by atoms with van der Waals surface area (Å²) in [6.45, 7) is 0.645. The van der Waals surface area contributed by atoms with Gasteiger partial charge in [-0.15, -0.1) is 0 Å². The lowest BCUT2D eigenvalue weighted by Crippen LogP contribution is -2.21. The van der Waals surface area contributed by atoms with Gasteiger partial charge in [0.25, 0.3) is 0 Å². The number of halogens is 1. The minimum Gasteiger partial charge on any atom is -0.378 e. The molecule has 2 aromatic rings. The number of rotatable bonds is 5. The lowest BCUT2D eigenvalue weighted by atomic mass is 9.96. The van der Waals surface area contributed by atoms with Gasteiger partial charge in [-0.05, 0) is 30.5 Å². The number of hydrogen-bond donors (Lipinski definition) is 2. The van der Waals surface area contributed by atoms with Gasteiger partial charge in [0, 0.05) is 17.0 Å². The Balaban J connectivity index is 1.71. The fraction of sp³-hybridized carbons (Fsp3) is 0.286. The predicted molar refractivity (Wildman–Crippen MR) is 84.0 cm³/mol. The van der Waals surface area contributed by atoms with Crippen LogP contribution in [0.1, 0.15) is 18.4 Å². The van der Waals surface area contributed by atoms with Crippen LogP contribution in [0.5, 0.6) is 0 Å². The van der Waals surface area contributed by atoms with Gasteiger partial charge < -0.3 is 11.1 Å². The van der Waals surface area contributed by atoms with Crippen molar-refractivity contribution in [1.82, 2.24) is 9.97 Å². The molecule has 0 atom stereocenters. The van der Waals surface area contributed by atoms with E-state index in [2.05, 4.69) is 15.3 Å². The molecule has 1 heterocycles. The molecule has 1 saturated carbocycles. The molecule has 1 aliphatic carbocycles. The molecule has 0 bridgehead atoms. The molecular weight excluding hydrogens is 306 g/mol. The number of anilines is 2. The number of nitrogen functional groups attached to an aromatic ring is 1. The van der Waals surface area contributed by atoms with Crippen molar-refractivity contribution < 1.29 is 4.92 Å². The van der Waals surface area contributed by atoms with Crippen molar-refractivity contribution in [2.24, 2.45) is 0 Å². The standard InChI is InChI=1S/C14H14ClN5O2/c15-10-3-1-9(2-4-10)14(5-6-14)8-18-13-17-7-11(20(21)22)12(16)19-13/h1-4,7H,5-6,8H2,(H3,16,17,18,19). The molecule has 3 rings (SSSR count). The van der Waals surface area contributed by atoms with Crippen LogP contribution in [0.25, 0.3) is 0 Å². The topological polar surface area (TPSA) is 107 Å². The van der Waals surface area contributed by atoms with Gasteiger partial charge >= 0.3 is 5.69 Å². The first-order chi connectivity index (χ1) is 10.5. The summed E-state index contributed by atoms with van der Waals surface area (Å²) in [5.74, 6) is 0.155. The summed E-state index contributed by atoms with van der Waals surface area (Å²) in [6, 6.07) is 7.78. The van der Waals surface area contributed by atoms with Crippen molar-refractivity contribution in [3.05, 3.63) is 51.2 Å². The maximum atomic E-state index is 10.7. The molecule has 0 amide bonds. The molecular formula is C14H14ClN5O2. The van der Waals surface area contributed by atoms with Gasteiger partial charge in [-0.25, -0.2) is 4.98 Å². The Hall–Kier alpha value is -2.41. The molecule has 3 N–H and O–H groups in total.